The van der Waals surface area contributed by atoms with Crippen molar-refractivity contribution >= 4 is 11.9 Å². The summed E-state index contributed by atoms with van der Waals surface area (Å²) in [5, 5.41) is 0. The van der Waals surface area contributed by atoms with Crippen molar-refractivity contribution in [1.82, 2.24) is 14.5 Å². The van der Waals surface area contributed by atoms with Crippen LogP contribution >= 0.6 is 0 Å². The fourth-order valence-electron chi connectivity index (χ4n) is 4.13. The molecule has 1 aliphatic rings. The van der Waals surface area contributed by atoms with Crippen molar-refractivity contribution in [1.29, 1.82) is 0 Å². The monoisotopic (exact) mass is 492 g/mol. The number of hydrogen-bond acceptors (Lipinski definition) is 5. The molecule has 0 aliphatic carbocycles. The first-order valence-corrected chi connectivity index (χ1v) is 10.3. The van der Waals surface area contributed by atoms with Gasteiger partial charge in [0.05, 0.1) is 18.8 Å². The van der Waals surface area contributed by atoms with Gasteiger partial charge in [0.1, 0.15) is 5.82 Å². The highest BCUT2D eigenvalue weighted by atomic mass is 19.4. The summed E-state index contributed by atoms with van der Waals surface area (Å²) in [6.45, 7) is 1.23. The standard InChI is InChI=1S/C21H22F6N4O3/c1-3-15-18-17(19(33)34-2)29-20(21(25,26)27)31(18)5-4-30(15)16(32)8-11(28)6-10-7-13(23)14(24)9-12(10)22/h7,9,11,15H,3-6,8,28H2,1-2H3/t11-,15?/m1/s1. The second-order valence-corrected chi connectivity index (χ2v) is 7.85. The maximum atomic E-state index is 13.9. The third-order valence-electron chi connectivity index (χ3n) is 5.61. The number of hydrogen-bond donors (Lipinski definition) is 1. The number of methoxy groups -OCH3 is 1. The predicted octanol–water partition coefficient (Wildman–Crippen LogP) is 3.36. The molecule has 1 aliphatic heterocycles. The van der Waals surface area contributed by atoms with Gasteiger partial charge in [-0.3, -0.25) is 4.79 Å². The summed E-state index contributed by atoms with van der Waals surface area (Å²) in [4.78, 5) is 29.9. The molecule has 0 bridgehead atoms. The van der Waals surface area contributed by atoms with Gasteiger partial charge in [-0.2, -0.15) is 13.2 Å². The average Bonchev–Trinajstić information content (AvgIpc) is 3.16. The van der Waals surface area contributed by atoms with E-state index in [-0.39, 0.29) is 43.6 Å². The van der Waals surface area contributed by atoms with Crippen molar-refractivity contribution in [3.8, 4) is 0 Å². The van der Waals surface area contributed by atoms with Gasteiger partial charge in [-0.15, -0.1) is 0 Å². The lowest BCUT2D eigenvalue weighted by Gasteiger charge is -2.37. The summed E-state index contributed by atoms with van der Waals surface area (Å²) in [6.07, 6.45) is -5.29. The van der Waals surface area contributed by atoms with Gasteiger partial charge < -0.3 is 19.9 Å². The lowest BCUT2D eigenvalue weighted by atomic mass is 10.00. The minimum atomic E-state index is -4.83. The van der Waals surface area contributed by atoms with Crippen molar-refractivity contribution in [2.24, 2.45) is 5.73 Å². The van der Waals surface area contributed by atoms with E-state index in [9.17, 15) is 35.9 Å². The van der Waals surface area contributed by atoms with Crippen molar-refractivity contribution in [2.75, 3.05) is 13.7 Å². The van der Waals surface area contributed by atoms with Gasteiger partial charge in [-0.1, -0.05) is 6.92 Å². The van der Waals surface area contributed by atoms with E-state index in [1.54, 1.807) is 6.92 Å². The molecule has 3 rings (SSSR count). The molecular weight excluding hydrogens is 470 g/mol. The van der Waals surface area contributed by atoms with Crippen molar-refractivity contribution in [2.45, 2.75) is 51.0 Å². The molecule has 0 fully saturated rings. The van der Waals surface area contributed by atoms with Crippen LogP contribution in [0.2, 0.25) is 0 Å². The highest BCUT2D eigenvalue weighted by molar-refractivity contribution is 5.89. The molecule has 2 aromatic rings. The van der Waals surface area contributed by atoms with Crippen LogP contribution in [0.5, 0.6) is 0 Å². The Morgan fingerprint density at radius 3 is 2.41 bits per heavy atom. The van der Waals surface area contributed by atoms with Gasteiger partial charge in [-0.25, -0.2) is 22.9 Å². The first kappa shape index (κ1) is 25.5. The lowest BCUT2D eigenvalue weighted by Crippen LogP contribution is -2.45. The second kappa shape index (κ2) is 9.65. The van der Waals surface area contributed by atoms with Gasteiger partial charge in [-0.05, 0) is 24.5 Å². The van der Waals surface area contributed by atoms with Gasteiger partial charge in [0.2, 0.25) is 11.7 Å². The molecule has 0 saturated carbocycles. The second-order valence-electron chi connectivity index (χ2n) is 7.85. The van der Waals surface area contributed by atoms with E-state index >= 15 is 0 Å². The smallest absolute Gasteiger partial charge is 0.449 e. The van der Waals surface area contributed by atoms with Crippen LogP contribution in [0.25, 0.3) is 0 Å². The SMILES string of the molecule is CCC1c2c(C(=O)OC)nc(C(F)(F)F)n2CCN1C(=O)C[C@H](N)Cc1cc(F)c(F)cc1F. The van der Waals surface area contributed by atoms with E-state index in [4.69, 9.17) is 5.73 Å². The largest absolute Gasteiger partial charge is 0.464 e. The Kier molecular flexibility index (Phi) is 7.24. The maximum absolute atomic E-state index is 13.9. The van der Waals surface area contributed by atoms with Gasteiger partial charge in [0, 0.05) is 31.6 Å². The number of amides is 1. The van der Waals surface area contributed by atoms with Crippen LogP contribution in [0.3, 0.4) is 0 Å². The fourth-order valence-corrected chi connectivity index (χ4v) is 4.13. The molecule has 13 heteroatoms. The minimum Gasteiger partial charge on any atom is -0.464 e. The van der Waals surface area contributed by atoms with E-state index in [2.05, 4.69) is 9.72 Å². The molecule has 7 nitrogen and oxygen atoms in total. The first-order valence-electron chi connectivity index (χ1n) is 10.3. The lowest BCUT2D eigenvalue weighted by molar-refractivity contribution is -0.148. The zero-order valence-electron chi connectivity index (χ0n) is 18.3. The fraction of sp³-hybridized carbons (Fsp3) is 0.476. The molecule has 1 unspecified atom stereocenters. The molecule has 0 saturated heterocycles. The molecule has 1 amide bonds. The van der Waals surface area contributed by atoms with E-state index in [0.717, 1.165) is 11.7 Å². The number of ether oxygens (including phenoxy) is 1. The average molecular weight is 492 g/mol. The number of alkyl halides is 3. The summed E-state index contributed by atoms with van der Waals surface area (Å²) in [7, 11) is 1.00. The summed E-state index contributed by atoms with van der Waals surface area (Å²) in [6, 6.07) is -0.872. The molecule has 186 valence electrons. The highest BCUT2D eigenvalue weighted by Crippen LogP contribution is 2.38. The normalized spacial score (nSPS) is 16.9. The maximum Gasteiger partial charge on any atom is 0.449 e. The molecule has 1 aromatic carbocycles. The van der Waals surface area contributed by atoms with E-state index in [1.165, 1.54) is 4.90 Å². The molecule has 1 aromatic heterocycles. The number of nitrogens with two attached hydrogens (primary N) is 1. The Hall–Kier alpha value is -3.09. The Morgan fingerprint density at radius 1 is 1.18 bits per heavy atom. The van der Waals surface area contributed by atoms with Gasteiger partial charge >= 0.3 is 12.1 Å². The number of nitrogens with zero attached hydrogens (tertiary/aromatic N) is 3. The van der Waals surface area contributed by atoms with Crippen LogP contribution < -0.4 is 5.73 Å². The number of carbonyl (C=O) groups is 2. The third kappa shape index (κ3) is 4.88. The van der Waals surface area contributed by atoms with Crippen LogP contribution in [-0.4, -0.2) is 46.0 Å². The van der Waals surface area contributed by atoms with E-state index in [1.807, 2.05) is 0 Å². The summed E-state index contributed by atoms with van der Waals surface area (Å²) in [5.74, 6) is -6.53. The number of aromatic nitrogens is 2. The molecule has 0 spiro atoms. The zero-order chi connectivity index (χ0) is 25.4. The quantitative estimate of drug-likeness (QED) is 0.380. The van der Waals surface area contributed by atoms with Gasteiger partial charge in [0.25, 0.3) is 0 Å². The predicted molar refractivity (Wildman–Crippen MR) is 106 cm³/mol. The Morgan fingerprint density at radius 2 is 1.82 bits per heavy atom. The summed E-state index contributed by atoms with van der Waals surface area (Å²) < 4.78 is 86.4. The van der Waals surface area contributed by atoms with Crippen LogP contribution in [-0.2, 0) is 28.7 Å². The van der Waals surface area contributed by atoms with E-state index in [0.29, 0.717) is 12.1 Å². The number of carbonyl (C=O) groups excluding carboxylic acids is 2. The molecule has 2 atom stereocenters. The highest BCUT2D eigenvalue weighted by Gasteiger charge is 2.44. The molecule has 0 radical (unpaired) electrons. The number of fused-ring (bicyclic) bond motifs is 1. The number of halogens is 6. The van der Waals surface area contributed by atoms with Crippen LogP contribution in [0, 0.1) is 17.5 Å². The molecule has 2 heterocycles. The Labute approximate surface area is 190 Å². The Bertz CT molecular complexity index is 1100. The zero-order valence-corrected chi connectivity index (χ0v) is 18.3. The number of rotatable bonds is 6. The van der Waals surface area contributed by atoms with Crippen LogP contribution in [0.4, 0.5) is 26.3 Å². The topological polar surface area (TPSA) is 90.5 Å². The van der Waals surface area contributed by atoms with E-state index < -0.39 is 59.1 Å². The number of esters is 1. The molecule has 34 heavy (non-hydrogen) atoms. The van der Waals surface area contributed by atoms with Crippen LogP contribution in [0.15, 0.2) is 12.1 Å². The third-order valence-corrected chi connectivity index (χ3v) is 5.61. The van der Waals surface area contributed by atoms with Crippen molar-refractivity contribution in [3.63, 3.8) is 0 Å². The number of benzene rings is 1. The summed E-state index contributed by atoms with van der Waals surface area (Å²) >= 11 is 0. The number of imidazole rings is 1. The first-order chi connectivity index (χ1) is 15.9. The molecular formula is C21H22F6N4O3. The van der Waals surface area contributed by atoms with Crippen molar-refractivity contribution in [3.05, 3.63) is 52.4 Å². The molecule has 2 N–H and O–H groups in total. The minimum absolute atomic E-state index is 0.0958. The Balaban J connectivity index is 1.86. The van der Waals surface area contributed by atoms with Gasteiger partial charge in [0.15, 0.2) is 17.3 Å². The van der Waals surface area contributed by atoms with Crippen LogP contribution in [0.1, 0.15) is 53.4 Å². The summed E-state index contributed by atoms with van der Waals surface area (Å²) in [5.41, 5.74) is 5.09. The van der Waals surface area contributed by atoms with Crippen molar-refractivity contribution < 1.29 is 40.7 Å².